The third-order valence-corrected chi connectivity index (χ3v) is 6.94. The van der Waals surface area contributed by atoms with Crippen LogP contribution in [-0.2, 0) is 18.0 Å². The Hall–Kier alpha value is -4.12. The fourth-order valence-corrected chi connectivity index (χ4v) is 4.65. The Labute approximate surface area is 223 Å². The quantitative estimate of drug-likeness (QED) is 0.292. The van der Waals surface area contributed by atoms with Crippen LogP contribution in [0.3, 0.4) is 0 Å². The molecule has 11 heteroatoms. The minimum atomic E-state index is -4.39. The number of ether oxygens (including phenoxy) is 1. The van der Waals surface area contributed by atoms with E-state index in [1.807, 2.05) is 17.7 Å². The predicted molar refractivity (Wildman–Crippen MR) is 143 cm³/mol. The summed E-state index contributed by atoms with van der Waals surface area (Å²) < 4.78 is 46.4. The maximum Gasteiger partial charge on any atom is 0.416 e. The molecule has 0 spiro atoms. The molecule has 204 valence electrons. The van der Waals surface area contributed by atoms with Gasteiger partial charge in [0.25, 0.3) is 0 Å². The van der Waals surface area contributed by atoms with E-state index in [0.29, 0.717) is 34.5 Å². The van der Waals surface area contributed by atoms with Crippen molar-refractivity contribution in [1.82, 2.24) is 19.4 Å². The van der Waals surface area contributed by atoms with Gasteiger partial charge in [0.15, 0.2) is 0 Å². The summed E-state index contributed by atoms with van der Waals surface area (Å²) in [5, 5.41) is 5.97. The average Bonchev–Trinajstić information content (AvgIpc) is 3.22. The minimum Gasteiger partial charge on any atom is -0.457 e. The number of amides is 1. The van der Waals surface area contributed by atoms with Crippen molar-refractivity contribution in [1.29, 1.82) is 0 Å². The van der Waals surface area contributed by atoms with E-state index in [1.54, 1.807) is 30.5 Å². The van der Waals surface area contributed by atoms with E-state index in [0.717, 1.165) is 50.1 Å². The van der Waals surface area contributed by atoms with Gasteiger partial charge in [-0.3, -0.25) is 4.79 Å². The number of aromatic nitrogens is 3. The molecule has 1 aliphatic heterocycles. The highest BCUT2D eigenvalue weighted by molar-refractivity contribution is 5.92. The first kappa shape index (κ1) is 26.5. The largest absolute Gasteiger partial charge is 0.457 e. The molecule has 1 fully saturated rings. The van der Waals surface area contributed by atoms with Gasteiger partial charge in [0, 0.05) is 37.0 Å². The first-order valence-electron chi connectivity index (χ1n) is 12.8. The molecule has 39 heavy (non-hydrogen) atoms. The van der Waals surface area contributed by atoms with Crippen molar-refractivity contribution in [2.45, 2.75) is 25.9 Å². The van der Waals surface area contributed by atoms with Gasteiger partial charge in [-0.05, 0) is 74.9 Å². The SMILES string of the molecule is CCN1CCC(C(=O)Nc2cc(Oc3ccc4c(c3)nc(Nc3ccc(C(F)(F)F)cc3)n4C)ccn2)CC1. The molecule has 8 nitrogen and oxygen atoms in total. The lowest BCUT2D eigenvalue weighted by Crippen LogP contribution is -2.38. The number of pyridine rings is 1. The number of aryl methyl sites for hydroxylation is 1. The molecule has 2 aromatic carbocycles. The summed E-state index contributed by atoms with van der Waals surface area (Å²) in [6.07, 6.45) is -1.15. The van der Waals surface area contributed by atoms with Crippen LogP contribution in [0.5, 0.6) is 11.5 Å². The van der Waals surface area contributed by atoms with Crippen LogP contribution < -0.4 is 15.4 Å². The van der Waals surface area contributed by atoms with Crippen molar-refractivity contribution in [2.24, 2.45) is 13.0 Å². The van der Waals surface area contributed by atoms with Gasteiger partial charge < -0.3 is 24.8 Å². The third-order valence-electron chi connectivity index (χ3n) is 6.94. The number of imidazole rings is 1. The Morgan fingerprint density at radius 2 is 1.77 bits per heavy atom. The molecule has 1 amide bonds. The van der Waals surface area contributed by atoms with Crippen molar-refractivity contribution in [3.05, 3.63) is 66.4 Å². The zero-order valence-electron chi connectivity index (χ0n) is 21.6. The molecule has 3 heterocycles. The molecule has 0 bridgehead atoms. The van der Waals surface area contributed by atoms with Gasteiger partial charge in [0.05, 0.1) is 16.6 Å². The molecule has 0 saturated carbocycles. The number of carbonyl (C=O) groups excluding carboxylic acids is 1. The van der Waals surface area contributed by atoms with Crippen molar-refractivity contribution >= 4 is 34.4 Å². The number of piperidine rings is 1. The zero-order chi connectivity index (χ0) is 27.6. The van der Waals surface area contributed by atoms with Crippen molar-refractivity contribution in [3.8, 4) is 11.5 Å². The molecule has 2 N–H and O–H groups in total. The average molecular weight is 539 g/mol. The number of rotatable bonds is 7. The monoisotopic (exact) mass is 538 g/mol. The number of likely N-dealkylation sites (tertiary alicyclic amines) is 1. The normalized spacial score (nSPS) is 14.9. The van der Waals surface area contributed by atoms with Crippen LogP contribution in [0.2, 0.25) is 0 Å². The second-order valence-corrected chi connectivity index (χ2v) is 9.52. The molecule has 0 unspecified atom stereocenters. The van der Waals surface area contributed by atoms with Crippen LogP contribution in [0, 0.1) is 5.92 Å². The Bertz CT molecular complexity index is 1460. The van der Waals surface area contributed by atoms with E-state index in [2.05, 4.69) is 32.4 Å². The molecule has 5 rings (SSSR count). The number of nitrogens with zero attached hydrogens (tertiary/aromatic N) is 4. The molecule has 1 saturated heterocycles. The highest BCUT2D eigenvalue weighted by Gasteiger charge is 2.30. The van der Waals surface area contributed by atoms with Crippen molar-refractivity contribution < 1.29 is 22.7 Å². The van der Waals surface area contributed by atoms with Crippen LogP contribution in [0.4, 0.5) is 30.6 Å². The Morgan fingerprint density at radius 1 is 1.05 bits per heavy atom. The standard InChI is InChI=1S/C28H29F3N6O2/c1-3-37-14-11-18(12-15-37)26(38)35-25-17-22(10-13-32-25)39-21-8-9-24-23(16-21)34-27(36(24)2)33-20-6-4-19(5-7-20)28(29,30)31/h4-10,13,16-18H,3,11-12,14-15H2,1-2H3,(H,33,34)(H,32,35,38). The maximum absolute atomic E-state index is 12.9. The summed E-state index contributed by atoms with van der Waals surface area (Å²) in [6, 6.07) is 13.6. The lowest BCUT2D eigenvalue weighted by atomic mass is 9.96. The first-order chi connectivity index (χ1) is 18.7. The number of hydrogen-bond acceptors (Lipinski definition) is 6. The number of halogens is 3. The van der Waals surface area contributed by atoms with Crippen LogP contribution in [0.1, 0.15) is 25.3 Å². The van der Waals surface area contributed by atoms with Crippen LogP contribution >= 0.6 is 0 Å². The van der Waals surface area contributed by atoms with E-state index in [-0.39, 0.29) is 11.8 Å². The van der Waals surface area contributed by atoms with E-state index in [9.17, 15) is 18.0 Å². The number of hydrogen-bond donors (Lipinski definition) is 2. The molecule has 0 radical (unpaired) electrons. The summed E-state index contributed by atoms with van der Waals surface area (Å²) in [4.78, 5) is 23.9. The summed E-state index contributed by atoms with van der Waals surface area (Å²) in [5.74, 6) is 1.89. The maximum atomic E-state index is 12.9. The summed E-state index contributed by atoms with van der Waals surface area (Å²) in [5.41, 5.74) is 1.23. The Kier molecular flexibility index (Phi) is 7.42. The molecule has 4 aromatic rings. The lowest BCUT2D eigenvalue weighted by molar-refractivity contribution is -0.137. The Balaban J connectivity index is 1.26. The predicted octanol–water partition coefficient (Wildman–Crippen LogP) is 6.19. The number of fused-ring (bicyclic) bond motifs is 1. The van der Waals surface area contributed by atoms with E-state index < -0.39 is 11.7 Å². The second kappa shape index (κ2) is 10.9. The highest BCUT2D eigenvalue weighted by atomic mass is 19.4. The van der Waals surface area contributed by atoms with Crippen LogP contribution in [0.15, 0.2) is 60.8 Å². The van der Waals surface area contributed by atoms with Gasteiger partial charge in [-0.15, -0.1) is 0 Å². The molecule has 0 atom stereocenters. The second-order valence-electron chi connectivity index (χ2n) is 9.52. The Morgan fingerprint density at radius 3 is 2.46 bits per heavy atom. The van der Waals surface area contributed by atoms with E-state index in [1.165, 1.54) is 12.1 Å². The molecular weight excluding hydrogens is 509 g/mol. The fourth-order valence-electron chi connectivity index (χ4n) is 4.65. The summed E-state index contributed by atoms with van der Waals surface area (Å²) in [6.45, 7) is 4.96. The molecule has 1 aliphatic rings. The third kappa shape index (κ3) is 6.14. The zero-order valence-corrected chi connectivity index (χ0v) is 21.6. The number of benzene rings is 2. The fraction of sp³-hybridized carbons (Fsp3) is 0.321. The number of anilines is 3. The number of alkyl halides is 3. The summed E-state index contributed by atoms with van der Waals surface area (Å²) in [7, 11) is 1.81. The van der Waals surface area contributed by atoms with Crippen molar-refractivity contribution in [3.63, 3.8) is 0 Å². The number of nitrogens with one attached hydrogen (secondary N) is 2. The highest BCUT2D eigenvalue weighted by Crippen LogP contribution is 2.32. The van der Waals surface area contributed by atoms with Gasteiger partial charge in [0.2, 0.25) is 11.9 Å². The van der Waals surface area contributed by atoms with Gasteiger partial charge >= 0.3 is 6.18 Å². The van der Waals surface area contributed by atoms with E-state index >= 15 is 0 Å². The van der Waals surface area contributed by atoms with Gasteiger partial charge in [-0.2, -0.15) is 13.2 Å². The molecule has 2 aromatic heterocycles. The van der Waals surface area contributed by atoms with Gasteiger partial charge in [-0.1, -0.05) is 6.92 Å². The first-order valence-corrected chi connectivity index (χ1v) is 12.8. The molecular formula is C28H29F3N6O2. The van der Waals surface area contributed by atoms with E-state index in [4.69, 9.17) is 4.74 Å². The van der Waals surface area contributed by atoms with Crippen LogP contribution in [-0.4, -0.2) is 45.0 Å². The smallest absolute Gasteiger partial charge is 0.416 e. The molecule has 0 aliphatic carbocycles. The topological polar surface area (TPSA) is 84.3 Å². The lowest BCUT2D eigenvalue weighted by Gasteiger charge is -2.30. The van der Waals surface area contributed by atoms with Crippen LogP contribution in [0.25, 0.3) is 11.0 Å². The minimum absolute atomic E-state index is 0.0293. The van der Waals surface area contributed by atoms with Crippen molar-refractivity contribution in [2.75, 3.05) is 30.3 Å². The van der Waals surface area contributed by atoms with Gasteiger partial charge in [-0.25, -0.2) is 9.97 Å². The van der Waals surface area contributed by atoms with Gasteiger partial charge in [0.1, 0.15) is 17.3 Å². The number of carbonyl (C=O) groups is 1. The summed E-state index contributed by atoms with van der Waals surface area (Å²) >= 11 is 0.